The zero-order chi connectivity index (χ0) is 16.7. The minimum absolute atomic E-state index is 0.0349. The normalized spacial score (nSPS) is 24.2. The Morgan fingerprint density at radius 3 is 2.57 bits per heavy atom. The van der Waals surface area contributed by atoms with Crippen molar-refractivity contribution >= 4 is 0 Å². The predicted octanol–water partition coefficient (Wildman–Crippen LogP) is 2.22. The van der Waals surface area contributed by atoms with Gasteiger partial charge in [-0.3, -0.25) is 0 Å². The van der Waals surface area contributed by atoms with Gasteiger partial charge in [0.25, 0.3) is 0 Å². The molecule has 0 aliphatic carbocycles. The van der Waals surface area contributed by atoms with Gasteiger partial charge in [-0.2, -0.15) is 0 Å². The number of epoxide rings is 1. The summed E-state index contributed by atoms with van der Waals surface area (Å²) in [6.07, 6.45) is -0.0400. The fourth-order valence-corrected chi connectivity index (χ4v) is 2.97. The Balaban J connectivity index is 1.82. The molecule has 5 heteroatoms. The highest BCUT2D eigenvalue weighted by Crippen LogP contribution is 2.34. The third-order valence-electron chi connectivity index (χ3n) is 4.27. The minimum atomic E-state index is -0.0592. The van der Waals surface area contributed by atoms with Crippen molar-refractivity contribution in [3.8, 4) is 0 Å². The second-order valence-electron chi connectivity index (χ2n) is 6.20. The number of aliphatic hydroxyl groups is 1. The summed E-state index contributed by atoms with van der Waals surface area (Å²) in [6.45, 7) is 5.70. The molecule has 0 amide bonds. The lowest BCUT2D eigenvalue weighted by Gasteiger charge is -2.28. The van der Waals surface area contributed by atoms with E-state index in [4.69, 9.17) is 18.9 Å². The van der Waals surface area contributed by atoms with Crippen molar-refractivity contribution in [1.82, 2.24) is 0 Å². The number of hydrogen-bond donors (Lipinski definition) is 1. The zero-order valence-corrected chi connectivity index (χ0v) is 14.2. The van der Waals surface area contributed by atoms with E-state index < -0.39 is 0 Å². The lowest BCUT2D eigenvalue weighted by atomic mass is 9.90. The van der Waals surface area contributed by atoms with Gasteiger partial charge in [-0.25, -0.2) is 0 Å². The Labute approximate surface area is 138 Å². The van der Waals surface area contributed by atoms with E-state index in [0.29, 0.717) is 13.2 Å². The quantitative estimate of drug-likeness (QED) is 0.499. The number of methoxy groups -OCH3 is 1. The standard InChI is InChI=1S/C18H28O5/c1-13(10-21-11-15-7-5-4-6-8-15)17(22-12-20-3)14(2)18-16(9-19)23-18/h4-8,13-14,16-19H,9-12H2,1-3H3/t13-,14-,16+,17-,18+/m1/s1. The van der Waals surface area contributed by atoms with Gasteiger partial charge in [0, 0.05) is 18.9 Å². The predicted molar refractivity (Wildman–Crippen MR) is 86.9 cm³/mol. The van der Waals surface area contributed by atoms with Crippen LogP contribution in [-0.4, -0.2) is 50.5 Å². The summed E-state index contributed by atoms with van der Waals surface area (Å²) >= 11 is 0. The molecule has 1 fully saturated rings. The van der Waals surface area contributed by atoms with Gasteiger partial charge in [-0.1, -0.05) is 44.2 Å². The lowest BCUT2D eigenvalue weighted by molar-refractivity contribution is -0.121. The summed E-state index contributed by atoms with van der Waals surface area (Å²) in [5, 5.41) is 9.17. The highest BCUT2D eigenvalue weighted by molar-refractivity contribution is 5.13. The lowest BCUT2D eigenvalue weighted by Crippen LogP contribution is -2.36. The van der Waals surface area contributed by atoms with Crippen molar-refractivity contribution in [2.45, 2.75) is 38.8 Å². The van der Waals surface area contributed by atoms with Crippen LogP contribution in [0.5, 0.6) is 0 Å². The maximum Gasteiger partial charge on any atom is 0.146 e. The molecule has 1 N–H and O–H groups in total. The highest BCUT2D eigenvalue weighted by Gasteiger charge is 2.46. The monoisotopic (exact) mass is 324 g/mol. The molecule has 0 spiro atoms. The van der Waals surface area contributed by atoms with Crippen LogP contribution in [-0.2, 0) is 25.6 Å². The molecule has 1 saturated heterocycles. The maximum atomic E-state index is 9.17. The fourth-order valence-electron chi connectivity index (χ4n) is 2.97. The highest BCUT2D eigenvalue weighted by atomic mass is 16.7. The van der Waals surface area contributed by atoms with E-state index >= 15 is 0 Å². The number of aliphatic hydroxyl groups excluding tert-OH is 1. The zero-order valence-electron chi connectivity index (χ0n) is 14.2. The Bertz CT molecular complexity index is 438. The fraction of sp³-hybridized carbons (Fsp3) is 0.667. The van der Waals surface area contributed by atoms with Crippen LogP contribution >= 0.6 is 0 Å². The third kappa shape index (κ3) is 5.55. The number of benzene rings is 1. The van der Waals surface area contributed by atoms with Crippen molar-refractivity contribution in [1.29, 1.82) is 0 Å². The van der Waals surface area contributed by atoms with Gasteiger partial charge in [0.1, 0.15) is 12.9 Å². The average Bonchev–Trinajstić information content (AvgIpc) is 3.36. The molecule has 5 nitrogen and oxygen atoms in total. The van der Waals surface area contributed by atoms with E-state index in [1.54, 1.807) is 7.11 Å². The largest absolute Gasteiger partial charge is 0.394 e. The molecule has 1 aromatic carbocycles. The second kappa shape index (κ2) is 9.35. The van der Waals surface area contributed by atoms with Gasteiger partial charge >= 0.3 is 0 Å². The summed E-state index contributed by atoms with van der Waals surface area (Å²) in [6, 6.07) is 10.1. The van der Waals surface area contributed by atoms with E-state index in [-0.39, 0.29) is 43.5 Å². The molecule has 2 rings (SSSR count). The number of hydrogen-bond acceptors (Lipinski definition) is 5. The minimum Gasteiger partial charge on any atom is -0.394 e. The van der Waals surface area contributed by atoms with Crippen molar-refractivity contribution in [3.63, 3.8) is 0 Å². The molecule has 1 aromatic rings. The Morgan fingerprint density at radius 1 is 1.22 bits per heavy atom. The molecule has 1 aliphatic rings. The first kappa shape index (κ1) is 18.4. The summed E-state index contributed by atoms with van der Waals surface area (Å²) < 4.78 is 22.2. The smallest absolute Gasteiger partial charge is 0.146 e. The number of rotatable bonds is 11. The molecule has 5 atom stereocenters. The van der Waals surface area contributed by atoms with Crippen LogP contribution < -0.4 is 0 Å². The Kier molecular flexibility index (Phi) is 7.46. The van der Waals surface area contributed by atoms with Gasteiger partial charge in [-0.05, 0) is 5.56 Å². The molecule has 1 heterocycles. The first-order chi connectivity index (χ1) is 11.2. The Hall–Kier alpha value is -0.980. The molecule has 0 bridgehead atoms. The SMILES string of the molecule is COCO[C@@H]([C@@H](C)[C@@H]1O[C@H]1CO)[C@H](C)COCc1ccccc1. The third-order valence-corrected chi connectivity index (χ3v) is 4.27. The van der Waals surface area contributed by atoms with Gasteiger partial charge < -0.3 is 24.1 Å². The molecular weight excluding hydrogens is 296 g/mol. The van der Waals surface area contributed by atoms with E-state index in [2.05, 4.69) is 26.0 Å². The van der Waals surface area contributed by atoms with Crippen LogP contribution in [0.2, 0.25) is 0 Å². The summed E-state index contributed by atoms with van der Waals surface area (Å²) in [7, 11) is 1.61. The molecule has 0 radical (unpaired) electrons. The van der Waals surface area contributed by atoms with E-state index in [1.165, 1.54) is 0 Å². The van der Waals surface area contributed by atoms with Crippen LogP contribution in [0.3, 0.4) is 0 Å². The molecule has 0 saturated carbocycles. The van der Waals surface area contributed by atoms with E-state index in [9.17, 15) is 5.11 Å². The average molecular weight is 324 g/mol. The summed E-state index contributed by atoms with van der Waals surface area (Å²) in [5.74, 6) is 0.380. The Morgan fingerprint density at radius 2 is 1.96 bits per heavy atom. The second-order valence-corrected chi connectivity index (χ2v) is 6.20. The van der Waals surface area contributed by atoms with E-state index in [1.807, 2.05) is 18.2 Å². The molecule has 0 aromatic heterocycles. The number of ether oxygens (including phenoxy) is 4. The van der Waals surface area contributed by atoms with Crippen LogP contribution in [0.4, 0.5) is 0 Å². The molecule has 1 aliphatic heterocycles. The first-order valence-electron chi connectivity index (χ1n) is 8.16. The molecule has 130 valence electrons. The molecule has 23 heavy (non-hydrogen) atoms. The van der Waals surface area contributed by atoms with Gasteiger partial charge in [0.2, 0.25) is 0 Å². The summed E-state index contributed by atoms with van der Waals surface area (Å²) in [4.78, 5) is 0. The summed E-state index contributed by atoms with van der Waals surface area (Å²) in [5.41, 5.74) is 1.16. The van der Waals surface area contributed by atoms with Crippen LogP contribution in [0.15, 0.2) is 30.3 Å². The topological polar surface area (TPSA) is 60.5 Å². The van der Waals surface area contributed by atoms with Crippen LogP contribution in [0.25, 0.3) is 0 Å². The molecular formula is C18H28O5. The van der Waals surface area contributed by atoms with Crippen molar-refractivity contribution < 1.29 is 24.1 Å². The van der Waals surface area contributed by atoms with E-state index in [0.717, 1.165) is 5.56 Å². The first-order valence-corrected chi connectivity index (χ1v) is 8.16. The van der Waals surface area contributed by atoms with Crippen molar-refractivity contribution in [2.24, 2.45) is 11.8 Å². The van der Waals surface area contributed by atoms with Crippen molar-refractivity contribution in [3.05, 3.63) is 35.9 Å². The molecule has 0 unspecified atom stereocenters. The van der Waals surface area contributed by atoms with Gasteiger partial charge in [0.05, 0.1) is 32.0 Å². The maximum absolute atomic E-state index is 9.17. The van der Waals surface area contributed by atoms with Crippen LogP contribution in [0, 0.1) is 11.8 Å². The van der Waals surface area contributed by atoms with Crippen molar-refractivity contribution in [2.75, 3.05) is 27.1 Å². The van der Waals surface area contributed by atoms with Gasteiger partial charge in [0.15, 0.2) is 0 Å². The van der Waals surface area contributed by atoms with Gasteiger partial charge in [-0.15, -0.1) is 0 Å². The van der Waals surface area contributed by atoms with Crippen LogP contribution in [0.1, 0.15) is 19.4 Å².